The standard InChI is InChI=1S/C21H19FN6O2/c1-27-19(29)10-17(16-6-7-23-12-24-16)25-21(27)28-8-2-3-13(11-28)20-15-5-4-14(22)9-18(15)30-26-20/h4-7,9-10,12-13H,2-3,8,11H2,1H3. The number of piperidine rings is 1. The summed E-state index contributed by atoms with van der Waals surface area (Å²) < 4.78 is 20.4. The maximum absolute atomic E-state index is 13.5. The molecule has 0 amide bonds. The summed E-state index contributed by atoms with van der Waals surface area (Å²) in [7, 11) is 1.71. The average Bonchev–Trinajstić information content (AvgIpc) is 3.19. The molecule has 0 radical (unpaired) electrons. The molecule has 1 aromatic carbocycles. The highest BCUT2D eigenvalue weighted by molar-refractivity contribution is 5.80. The van der Waals surface area contributed by atoms with E-state index < -0.39 is 0 Å². The minimum absolute atomic E-state index is 0.0880. The second-order valence-electron chi connectivity index (χ2n) is 7.43. The van der Waals surface area contributed by atoms with Crippen molar-refractivity contribution in [2.75, 3.05) is 18.0 Å². The average molecular weight is 406 g/mol. The molecule has 0 bridgehead atoms. The number of nitrogens with zero attached hydrogens (tertiary/aromatic N) is 6. The molecule has 0 saturated carbocycles. The monoisotopic (exact) mass is 406 g/mol. The first-order chi connectivity index (χ1) is 14.6. The van der Waals surface area contributed by atoms with Crippen LogP contribution in [0.15, 0.2) is 52.2 Å². The van der Waals surface area contributed by atoms with Crippen molar-refractivity contribution < 1.29 is 8.91 Å². The van der Waals surface area contributed by atoms with Crippen molar-refractivity contribution in [1.82, 2.24) is 24.7 Å². The highest BCUT2D eigenvalue weighted by Gasteiger charge is 2.28. The van der Waals surface area contributed by atoms with E-state index in [2.05, 4.69) is 20.0 Å². The number of halogens is 1. The Morgan fingerprint density at radius 3 is 2.93 bits per heavy atom. The summed E-state index contributed by atoms with van der Waals surface area (Å²) in [6.07, 6.45) is 4.89. The molecule has 1 unspecified atom stereocenters. The van der Waals surface area contributed by atoms with Crippen molar-refractivity contribution >= 4 is 16.9 Å². The van der Waals surface area contributed by atoms with E-state index in [9.17, 15) is 9.18 Å². The summed E-state index contributed by atoms with van der Waals surface area (Å²) in [5, 5.41) is 5.04. The fraction of sp³-hybridized carbons (Fsp3) is 0.286. The molecule has 1 saturated heterocycles. The van der Waals surface area contributed by atoms with Gasteiger partial charge in [-0.05, 0) is 31.0 Å². The molecule has 1 fully saturated rings. The highest BCUT2D eigenvalue weighted by Crippen LogP contribution is 2.33. The van der Waals surface area contributed by atoms with Crippen LogP contribution in [0.5, 0.6) is 0 Å². The van der Waals surface area contributed by atoms with Crippen LogP contribution in [0, 0.1) is 5.82 Å². The molecule has 1 aliphatic rings. The lowest BCUT2D eigenvalue weighted by Gasteiger charge is -2.33. The Morgan fingerprint density at radius 2 is 2.10 bits per heavy atom. The number of aromatic nitrogens is 5. The molecule has 30 heavy (non-hydrogen) atoms. The number of hydrogen-bond acceptors (Lipinski definition) is 7. The van der Waals surface area contributed by atoms with Gasteiger partial charge in [0.2, 0.25) is 5.95 Å². The molecule has 1 atom stereocenters. The van der Waals surface area contributed by atoms with E-state index >= 15 is 0 Å². The van der Waals surface area contributed by atoms with Gasteiger partial charge in [-0.3, -0.25) is 9.36 Å². The number of benzene rings is 1. The first kappa shape index (κ1) is 18.4. The molecule has 1 aliphatic heterocycles. The molecule has 4 heterocycles. The van der Waals surface area contributed by atoms with Gasteiger partial charge < -0.3 is 9.42 Å². The lowest BCUT2D eigenvalue weighted by molar-refractivity contribution is 0.417. The van der Waals surface area contributed by atoms with Gasteiger partial charge >= 0.3 is 0 Å². The van der Waals surface area contributed by atoms with Gasteiger partial charge in [-0.15, -0.1) is 0 Å². The first-order valence-electron chi connectivity index (χ1n) is 9.74. The third-order valence-corrected chi connectivity index (χ3v) is 5.51. The predicted octanol–water partition coefficient (Wildman–Crippen LogP) is 2.90. The van der Waals surface area contributed by atoms with Crippen LogP contribution < -0.4 is 10.5 Å². The highest BCUT2D eigenvalue weighted by atomic mass is 19.1. The maximum atomic E-state index is 13.5. The zero-order chi connectivity index (χ0) is 20.7. The van der Waals surface area contributed by atoms with Gasteiger partial charge in [0.25, 0.3) is 5.56 Å². The van der Waals surface area contributed by atoms with Crippen molar-refractivity contribution in [3.05, 3.63) is 64.7 Å². The Balaban J connectivity index is 1.50. The maximum Gasteiger partial charge on any atom is 0.255 e. The summed E-state index contributed by atoms with van der Waals surface area (Å²) in [4.78, 5) is 27.5. The van der Waals surface area contributed by atoms with Gasteiger partial charge in [0.1, 0.15) is 12.1 Å². The summed E-state index contributed by atoms with van der Waals surface area (Å²) >= 11 is 0. The number of anilines is 1. The normalized spacial score (nSPS) is 16.9. The summed E-state index contributed by atoms with van der Waals surface area (Å²) in [6, 6.07) is 7.68. The molecule has 8 nitrogen and oxygen atoms in total. The Bertz CT molecular complexity index is 1270. The zero-order valence-corrected chi connectivity index (χ0v) is 16.3. The second kappa shape index (κ2) is 7.33. The summed E-state index contributed by atoms with van der Waals surface area (Å²) in [5.74, 6) is 0.320. The SMILES string of the molecule is Cn1c(N2CCCC(c3noc4cc(F)ccc34)C2)nc(-c2ccncn2)cc1=O. The minimum atomic E-state index is -0.351. The van der Waals surface area contributed by atoms with Crippen LogP contribution in [0.1, 0.15) is 24.5 Å². The van der Waals surface area contributed by atoms with E-state index in [-0.39, 0.29) is 17.3 Å². The molecular formula is C21H19FN6O2. The zero-order valence-electron chi connectivity index (χ0n) is 16.3. The van der Waals surface area contributed by atoms with Crippen molar-refractivity contribution in [2.45, 2.75) is 18.8 Å². The van der Waals surface area contributed by atoms with E-state index in [1.807, 2.05) is 0 Å². The molecule has 0 N–H and O–H groups in total. The van der Waals surface area contributed by atoms with E-state index in [0.29, 0.717) is 29.5 Å². The van der Waals surface area contributed by atoms with E-state index in [4.69, 9.17) is 9.51 Å². The van der Waals surface area contributed by atoms with Crippen LogP contribution in [-0.4, -0.2) is 37.8 Å². The molecule has 0 spiro atoms. The predicted molar refractivity (Wildman–Crippen MR) is 109 cm³/mol. The molecular weight excluding hydrogens is 387 g/mol. The van der Waals surface area contributed by atoms with Crippen molar-refractivity contribution in [3.63, 3.8) is 0 Å². The fourth-order valence-corrected chi connectivity index (χ4v) is 3.99. The molecule has 9 heteroatoms. The molecule has 4 aromatic rings. The second-order valence-corrected chi connectivity index (χ2v) is 7.43. The first-order valence-corrected chi connectivity index (χ1v) is 9.74. The summed E-state index contributed by atoms with van der Waals surface area (Å²) in [6.45, 7) is 1.40. The van der Waals surface area contributed by atoms with Crippen LogP contribution in [0.3, 0.4) is 0 Å². The number of hydrogen-bond donors (Lipinski definition) is 0. The minimum Gasteiger partial charge on any atom is -0.356 e. The van der Waals surface area contributed by atoms with Gasteiger partial charge in [0, 0.05) is 49.8 Å². The molecule has 5 rings (SSSR count). The van der Waals surface area contributed by atoms with Gasteiger partial charge in [-0.2, -0.15) is 0 Å². The van der Waals surface area contributed by atoms with Gasteiger partial charge in [0.05, 0.1) is 17.1 Å². The number of fused-ring (bicyclic) bond motifs is 1. The van der Waals surface area contributed by atoms with Crippen LogP contribution in [0.25, 0.3) is 22.4 Å². The number of rotatable bonds is 3. The lowest BCUT2D eigenvalue weighted by atomic mass is 9.93. The Labute approximate surface area is 171 Å². The summed E-state index contributed by atoms with van der Waals surface area (Å²) in [5.41, 5.74) is 2.21. The Kier molecular flexibility index (Phi) is 4.50. The topological polar surface area (TPSA) is 89.9 Å². The molecule has 0 aliphatic carbocycles. The van der Waals surface area contributed by atoms with Crippen LogP contribution >= 0.6 is 0 Å². The van der Waals surface area contributed by atoms with E-state index in [1.54, 1.807) is 29.9 Å². The van der Waals surface area contributed by atoms with Gasteiger partial charge in [0.15, 0.2) is 5.58 Å². The van der Waals surface area contributed by atoms with Crippen LogP contribution in [0.4, 0.5) is 10.3 Å². The smallest absolute Gasteiger partial charge is 0.255 e. The van der Waals surface area contributed by atoms with Gasteiger partial charge in [-0.25, -0.2) is 19.3 Å². The molecule has 3 aromatic heterocycles. The Hall–Kier alpha value is -3.62. The lowest BCUT2D eigenvalue weighted by Crippen LogP contribution is -2.38. The third-order valence-electron chi connectivity index (χ3n) is 5.51. The van der Waals surface area contributed by atoms with Crippen LogP contribution in [0.2, 0.25) is 0 Å². The van der Waals surface area contributed by atoms with Crippen molar-refractivity contribution in [3.8, 4) is 11.4 Å². The molecule has 152 valence electrons. The largest absolute Gasteiger partial charge is 0.356 e. The quantitative estimate of drug-likeness (QED) is 0.517. The van der Waals surface area contributed by atoms with Crippen molar-refractivity contribution in [1.29, 1.82) is 0 Å². The van der Waals surface area contributed by atoms with Gasteiger partial charge in [-0.1, -0.05) is 5.16 Å². The van der Waals surface area contributed by atoms with E-state index in [0.717, 1.165) is 30.5 Å². The Morgan fingerprint density at radius 1 is 1.20 bits per heavy atom. The third kappa shape index (κ3) is 3.22. The fourth-order valence-electron chi connectivity index (χ4n) is 3.99. The van der Waals surface area contributed by atoms with Crippen LogP contribution in [-0.2, 0) is 7.05 Å². The van der Waals surface area contributed by atoms with E-state index in [1.165, 1.54) is 24.5 Å². The van der Waals surface area contributed by atoms with Crippen molar-refractivity contribution in [2.24, 2.45) is 7.05 Å².